The minimum atomic E-state index is -0.369. The maximum atomic E-state index is 12.1. The summed E-state index contributed by atoms with van der Waals surface area (Å²) in [5.41, 5.74) is 7.02. The summed E-state index contributed by atoms with van der Waals surface area (Å²) in [4.78, 5) is 20.0. The monoisotopic (exact) mass is 256 g/mol. The molecule has 0 aliphatic rings. The number of nitrogens with one attached hydrogen (secondary N) is 1. The minimum Gasteiger partial charge on any atom is -0.323 e. The van der Waals surface area contributed by atoms with Crippen LogP contribution in [0.15, 0.2) is 48.8 Å². The van der Waals surface area contributed by atoms with Crippen LogP contribution in [0.5, 0.6) is 0 Å². The number of nitrogens with zero attached hydrogens (tertiary/aromatic N) is 2. The Morgan fingerprint density at radius 1 is 1.16 bits per heavy atom. The largest absolute Gasteiger partial charge is 0.323 e. The number of hydrogen-bond donors (Lipinski definition) is 2. The van der Waals surface area contributed by atoms with Crippen LogP contribution in [-0.2, 0) is 4.79 Å². The molecule has 2 atom stereocenters. The van der Waals surface area contributed by atoms with Crippen LogP contribution in [0.3, 0.4) is 0 Å². The third kappa shape index (κ3) is 3.35. The molecule has 0 radical (unpaired) electrons. The summed E-state index contributed by atoms with van der Waals surface area (Å²) >= 11 is 0. The van der Waals surface area contributed by atoms with E-state index in [0.717, 1.165) is 5.56 Å². The molecule has 5 heteroatoms. The van der Waals surface area contributed by atoms with Gasteiger partial charge in [0.15, 0.2) is 0 Å². The molecule has 1 aromatic heterocycles. The van der Waals surface area contributed by atoms with Crippen molar-refractivity contribution < 1.29 is 4.79 Å². The second kappa shape index (κ2) is 6.06. The predicted molar refractivity (Wildman–Crippen MR) is 73.2 cm³/mol. The van der Waals surface area contributed by atoms with Gasteiger partial charge in [-0.15, -0.1) is 0 Å². The van der Waals surface area contributed by atoms with E-state index in [0.29, 0.717) is 5.95 Å². The van der Waals surface area contributed by atoms with Crippen molar-refractivity contribution in [3.63, 3.8) is 0 Å². The highest BCUT2D eigenvalue weighted by Gasteiger charge is 2.22. The topological polar surface area (TPSA) is 80.9 Å². The standard InChI is InChI=1S/C14H16N4O/c1-10(12(15)11-6-3-2-4-7-11)13(19)18-14-16-8-5-9-17-14/h2-10,12H,15H2,1H3,(H,16,17,18,19). The van der Waals surface area contributed by atoms with Crippen LogP contribution in [0.4, 0.5) is 5.95 Å². The number of benzene rings is 1. The summed E-state index contributed by atoms with van der Waals surface area (Å²) < 4.78 is 0. The molecule has 2 rings (SSSR count). The Morgan fingerprint density at radius 3 is 2.42 bits per heavy atom. The number of rotatable bonds is 4. The van der Waals surface area contributed by atoms with Crippen LogP contribution in [0.2, 0.25) is 0 Å². The van der Waals surface area contributed by atoms with Gasteiger partial charge in [-0.3, -0.25) is 10.1 Å². The quantitative estimate of drug-likeness (QED) is 0.873. The molecule has 1 heterocycles. The SMILES string of the molecule is CC(C(=O)Nc1ncccn1)C(N)c1ccccc1. The van der Waals surface area contributed by atoms with Gasteiger partial charge in [-0.1, -0.05) is 37.3 Å². The fourth-order valence-corrected chi connectivity index (χ4v) is 1.71. The lowest BCUT2D eigenvalue weighted by molar-refractivity contribution is -0.120. The Hall–Kier alpha value is -2.27. The Labute approximate surface area is 111 Å². The van der Waals surface area contributed by atoms with E-state index in [1.54, 1.807) is 25.4 Å². The molecule has 5 nitrogen and oxygen atoms in total. The fourth-order valence-electron chi connectivity index (χ4n) is 1.71. The van der Waals surface area contributed by atoms with Gasteiger partial charge >= 0.3 is 0 Å². The number of aromatic nitrogens is 2. The minimum absolute atomic E-state index is 0.192. The lowest BCUT2D eigenvalue weighted by Gasteiger charge is -2.19. The lowest BCUT2D eigenvalue weighted by atomic mass is 9.95. The number of anilines is 1. The van der Waals surface area contributed by atoms with E-state index in [1.807, 2.05) is 30.3 Å². The van der Waals surface area contributed by atoms with E-state index in [9.17, 15) is 4.79 Å². The summed E-state index contributed by atoms with van der Waals surface area (Å²) in [6.45, 7) is 1.79. The van der Waals surface area contributed by atoms with Gasteiger partial charge in [0.25, 0.3) is 0 Å². The van der Waals surface area contributed by atoms with Gasteiger partial charge in [0.2, 0.25) is 11.9 Å². The Morgan fingerprint density at radius 2 is 1.79 bits per heavy atom. The van der Waals surface area contributed by atoms with Crippen LogP contribution in [0.25, 0.3) is 0 Å². The molecule has 0 fully saturated rings. The van der Waals surface area contributed by atoms with Gasteiger partial charge in [0, 0.05) is 18.4 Å². The summed E-state index contributed by atoms with van der Waals surface area (Å²) in [5, 5.41) is 2.65. The van der Waals surface area contributed by atoms with Crippen LogP contribution >= 0.6 is 0 Å². The summed E-state index contributed by atoms with van der Waals surface area (Å²) in [7, 11) is 0. The Balaban J connectivity index is 2.03. The molecule has 2 aromatic rings. The highest BCUT2D eigenvalue weighted by molar-refractivity contribution is 5.91. The van der Waals surface area contributed by atoms with Crippen molar-refractivity contribution >= 4 is 11.9 Å². The lowest BCUT2D eigenvalue weighted by Crippen LogP contribution is -2.31. The van der Waals surface area contributed by atoms with Crippen molar-refractivity contribution in [1.29, 1.82) is 0 Å². The first-order valence-corrected chi connectivity index (χ1v) is 6.07. The van der Waals surface area contributed by atoms with Crippen LogP contribution in [0.1, 0.15) is 18.5 Å². The fraction of sp³-hybridized carbons (Fsp3) is 0.214. The average molecular weight is 256 g/mol. The van der Waals surface area contributed by atoms with Crippen LogP contribution < -0.4 is 11.1 Å². The molecule has 19 heavy (non-hydrogen) atoms. The van der Waals surface area contributed by atoms with Gasteiger partial charge in [0.1, 0.15) is 0 Å². The van der Waals surface area contributed by atoms with Crippen molar-refractivity contribution in [2.75, 3.05) is 5.32 Å². The second-order valence-corrected chi connectivity index (χ2v) is 4.29. The van der Waals surface area contributed by atoms with Crippen molar-refractivity contribution in [2.24, 2.45) is 11.7 Å². The molecule has 1 amide bonds. The first-order valence-electron chi connectivity index (χ1n) is 6.07. The number of amides is 1. The van der Waals surface area contributed by atoms with E-state index in [1.165, 1.54) is 0 Å². The number of hydrogen-bond acceptors (Lipinski definition) is 4. The number of carbonyl (C=O) groups is 1. The normalized spacial score (nSPS) is 13.6. The molecular formula is C14H16N4O. The smallest absolute Gasteiger partial charge is 0.231 e. The van der Waals surface area contributed by atoms with E-state index < -0.39 is 0 Å². The van der Waals surface area contributed by atoms with Gasteiger partial charge in [0.05, 0.1) is 5.92 Å². The molecule has 0 spiro atoms. The van der Waals surface area contributed by atoms with Gasteiger partial charge in [-0.25, -0.2) is 9.97 Å². The zero-order chi connectivity index (χ0) is 13.7. The van der Waals surface area contributed by atoms with E-state index in [-0.39, 0.29) is 17.9 Å². The first kappa shape index (κ1) is 13.2. The van der Waals surface area contributed by atoms with Crippen molar-refractivity contribution in [1.82, 2.24) is 9.97 Å². The predicted octanol–water partition coefficient (Wildman–Crippen LogP) is 1.75. The van der Waals surface area contributed by atoms with Gasteiger partial charge in [-0.05, 0) is 11.6 Å². The molecular weight excluding hydrogens is 240 g/mol. The Bertz CT molecular complexity index is 530. The van der Waals surface area contributed by atoms with E-state index in [2.05, 4.69) is 15.3 Å². The molecule has 0 saturated heterocycles. The first-order chi connectivity index (χ1) is 9.18. The molecule has 3 N–H and O–H groups in total. The molecule has 2 unspecified atom stereocenters. The van der Waals surface area contributed by atoms with E-state index in [4.69, 9.17) is 5.73 Å². The highest BCUT2D eigenvalue weighted by Crippen LogP contribution is 2.19. The third-order valence-corrected chi connectivity index (χ3v) is 2.94. The van der Waals surface area contributed by atoms with Crippen LogP contribution in [-0.4, -0.2) is 15.9 Å². The third-order valence-electron chi connectivity index (χ3n) is 2.94. The molecule has 0 aliphatic carbocycles. The Kier molecular flexibility index (Phi) is 4.20. The average Bonchev–Trinajstić information content (AvgIpc) is 2.47. The molecule has 1 aromatic carbocycles. The molecule has 0 aliphatic heterocycles. The van der Waals surface area contributed by atoms with Crippen molar-refractivity contribution in [3.8, 4) is 0 Å². The van der Waals surface area contributed by atoms with Crippen LogP contribution in [0, 0.1) is 5.92 Å². The van der Waals surface area contributed by atoms with Crippen molar-refractivity contribution in [3.05, 3.63) is 54.4 Å². The maximum Gasteiger partial charge on any atom is 0.231 e. The second-order valence-electron chi connectivity index (χ2n) is 4.29. The zero-order valence-corrected chi connectivity index (χ0v) is 10.7. The van der Waals surface area contributed by atoms with E-state index >= 15 is 0 Å². The molecule has 0 saturated carbocycles. The molecule has 0 bridgehead atoms. The number of carbonyl (C=O) groups excluding carboxylic acids is 1. The maximum absolute atomic E-state index is 12.1. The summed E-state index contributed by atoms with van der Waals surface area (Å²) in [6, 6.07) is 10.9. The van der Waals surface area contributed by atoms with Crippen molar-refractivity contribution in [2.45, 2.75) is 13.0 Å². The zero-order valence-electron chi connectivity index (χ0n) is 10.7. The van der Waals surface area contributed by atoms with Gasteiger partial charge in [-0.2, -0.15) is 0 Å². The van der Waals surface area contributed by atoms with Gasteiger partial charge < -0.3 is 5.73 Å². The summed E-state index contributed by atoms with van der Waals surface area (Å²) in [5.74, 6) is -0.270. The number of nitrogens with two attached hydrogens (primary N) is 1. The molecule has 98 valence electrons. The highest BCUT2D eigenvalue weighted by atomic mass is 16.2. The summed E-state index contributed by atoms with van der Waals surface area (Å²) in [6.07, 6.45) is 3.15.